The van der Waals surface area contributed by atoms with Crippen molar-refractivity contribution in [3.63, 3.8) is 0 Å². The topological polar surface area (TPSA) is 0 Å². The molecule has 1 unspecified atom stereocenters. The van der Waals surface area contributed by atoms with E-state index < -0.39 is 0 Å². The molecule has 0 heterocycles. The Bertz CT molecular complexity index is 489. The van der Waals surface area contributed by atoms with Gasteiger partial charge >= 0.3 is 0 Å². The summed E-state index contributed by atoms with van der Waals surface area (Å²) in [6.45, 7) is 4.44. The fraction of sp³-hybridized carbons (Fsp3) is 0.565. The lowest BCUT2D eigenvalue weighted by Crippen LogP contribution is -2.00. The van der Waals surface area contributed by atoms with Gasteiger partial charge in [0.1, 0.15) is 0 Å². The maximum atomic E-state index is 2.44. The number of aryl methyl sites for hydroxylation is 1. The van der Waals surface area contributed by atoms with Gasteiger partial charge in [0.2, 0.25) is 0 Å². The van der Waals surface area contributed by atoms with Crippen molar-refractivity contribution < 1.29 is 0 Å². The molecule has 1 aliphatic carbocycles. The molecule has 126 valence electrons. The van der Waals surface area contributed by atoms with E-state index in [0.29, 0.717) is 0 Å². The summed E-state index contributed by atoms with van der Waals surface area (Å²) in [5.41, 5.74) is 4.09. The van der Waals surface area contributed by atoms with Gasteiger partial charge in [-0.3, -0.25) is 0 Å². The van der Waals surface area contributed by atoms with Crippen molar-refractivity contribution in [3.05, 3.63) is 53.6 Å². The van der Waals surface area contributed by atoms with E-state index in [1.807, 2.05) is 0 Å². The van der Waals surface area contributed by atoms with Crippen molar-refractivity contribution in [1.82, 2.24) is 0 Å². The summed E-state index contributed by atoms with van der Waals surface area (Å²) in [4.78, 5) is 0. The van der Waals surface area contributed by atoms with E-state index in [1.165, 1.54) is 80.9 Å². The summed E-state index contributed by atoms with van der Waals surface area (Å²) in [7, 11) is 0. The lowest BCUT2D eigenvalue weighted by Gasteiger charge is -2.16. The fourth-order valence-electron chi connectivity index (χ4n) is 3.38. The van der Waals surface area contributed by atoms with E-state index in [1.54, 1.807) is 0 Å². The van der Waals surface area contributed by atoms with Gasteiger partial charge in [-0.05, 0) is 36.8 Å². The van der Waals surface area contributed by atoms with Crippen LogP contribution in [-0.2, 0) is 0 Å². The van der Waals surface area contributed by atoms with E-state index in [4.69, 9.17) is 0 Å². The van der Waals surface area contributed by atoms with Crippen molar-refractivity contribution in [2.75, 3.05) is 0 Å². The van der Waals surface area contributed by atoms with E-state index >= 15 is 0 Å². The molecule has 1 aromatic rings. The van der Waals surface area contributed by atoms with E-state index in [2.05, 4.69) is 56.3 Å². The van der Waals surface area contributed by atoms with Crippen LogP contribution < -0.4 is 0 Å². The minimum atomic E-state index is 0.768. The molecule has 0 spiro atoms. The molecule has 0 amide bonds. The van der Waals surface area contributed by atoms with Crippen molar-refractivity contribution in [1.29, 1.82) is 0 Å². The molecule has 1 aliphatic rings. The molecule has 0 heteroatoms. The van der Waals surface area contributed by atoms with Crippen molar-refractivity contribution in [2.45, 2.75) is 78.1 Å². The van der Waals surface area contributed by atoms with Gasteiger partial charge in [-0.1, -0.05) is 106 Å². The van der Waals surface area contributed by atoms with Crippen LogP contribution in [0.25, 0.3) is 5.57 Å². The lowest BCUT2D eigenvalue weighted by atomic mass is 9.89. The Morgan fingerprint density at radius 1 is 0.870 bits per heavy atom. The molecule has 1 aromatic carbocycles. The highest BCUT2D eigenvalue weighted by atomic mass is 14.1. The van der Waals surface area contributed by atoms with Crippen LogP contribution in [0.2, 0.25) is 0 Å². The molecular weight excluding hydrogens is 276 g/mol. The number of hydrogen-bond donors (Lipinski definition) is 0. The second kappa shape index (κ2) is 10.5. The minimum Gasteiger partial charge on any atom is -0.0805 e. The summed E-state index contributed by atoms with van der Waals surface area (Å²) in [6.07, 6.45) is 21.1. The maximum absolute atomic E-state index is 2.44. The van der Waals surface area contributed by atoms with Crippen LogP contribution in [0, 0.1) is 12.8 Å². The molecule has 0 saturated heterocycles. The van der Waals surface area contributed by atoms with Crippen LogP contribution in [0.4, 0.5) is 0 Å². The van der Waals surface area contributed by atoms with Crippen LogP contribution in [-0.4, -0.2) is 0 Å². The van der Waals surface area contributed by atoms with Crippen LogP contribution in [0.3, 0.4) is 0 Å². The van der Waals surface area contributed by atoms with Gasteiger partial charge in [0.05, 0.1) is 0 Å². The normalized spacial score (nSPS) is 17.3. The van der Waals surface area contributed by atoms with E-state index in [-0.39, 0.29) is 0 Å². The highest BCUT2D eigenvalue weighted by molar-refractivity contribution is 5.74. The molecule has 0 nitrogen and oxygen atoms in total. The Kier molecular flexibility index (Phi) is 8.21. The van der Waals surface area contributed by atoms with E-state index in [9.17, 15) is 0 Å². The first kappa shape index (κ1) is 18.0. The van der Waals surface area contributed by atoms with Gasteiger partial charge in [-0.2, -0.15) is 0 Å². The Morgan fingerprint density at radius 2 is 1.52 bits per heavy atom. The summed E-state index contributed by atoms with van der Waals surface area (Å²) in [5.74, 6) is 0.768. The molecule has 0 fully saturated rings. The Labute approximate surface area is 143 Å². The smallest absolute Gasteiger partial charge is 0.0187 e. The summed E-state index contributed by atoms with van der Waals surface area (Å²) < 4.78 is 0. The van der Waals surface area contributed by atoms with Crippen molar-refractivity contribution >= 4 is 5.57 Å². The minimum absolute atomic E-state index is 0.768. The van der Waals surface area contributed by atoms with Crippen molar-refractivity contribution in [2.24, 2.45) is 5.92 Å². The fourth-order valence-corrected chi connectivity index (χ4v) is 3.38. The largest absolute Gasteiger partial charge is 0.0805 e. The standard InChI is InChI=1S/C23H34/c1-3-4-5-6-7-8-9-10-11-21-14-18-23(19-15-21)22-16-12-20(2)13-17-22/h12-14,16-19,21H,3-11,15H2,1-2H3. The molecule has 0 saturated carbocycles. The van der Waals surface area contributed by atoms with Gasteiger partial charge in [0, 0.05) is 0 Å². The molecular formula is C23H34. The zero-order chi connectivity index (χ0) is 16.3. The molecule has 0 N–H and O–H groups in total. The van der Waals surface area contributed by atoms with Crippen LogP contribution >= 0.6 is 0 Å². The average molecular weight is 311 g/mol. The molecule has 1 atom stereocenters. The monoisotopic (exact) mass is 310 g/mol. The highest BCUT2D eigenvalue weighted by Crippen LogP contribution is 2.27. The Morgan fingerprint density at radius 3 is 2.13 bits per heavy atom. The Balaban J connectivity index is 1.60. The van der Waals surface area contributed by atoms with Crippen LogP contribution in [0.1, 0.15) is 82.3 Å². The quantitative estimate of drug-likeness (QED) is 0.393. The van der Waals surface area contributed by atoms with Gasteiger partial charge in [-0.25, -0.2) is 0 Å². The maximum Gasteiger partial charge on any atom is -0.0187 e. The van der Waals surface area contributed by atoms with Gasteiger partial charge in [-0.15, -0.1) is 0 Å². The lowest BCUT2D eigenvalue weighted by molar-refractivity contribution is 0.514. The van der Waals surface area contributed by atoms with Crippen LogP contribution in [0.15, 0.2) is 42.5 Å². The summed E-state index contributed by atoms with van der Waals surface area (Å²) >= 11 is 0. The zero-order valence-electron chi connectivity index (χ0n) is 15.2. The van der Waals surface area contributed by atoms with Gasteiger partial charge in [0.25, 0.3) is 0 Å². The van der Waals surface area contributed by atoms with Crippen LogP contribution in [0.5, 0.6) is 0 Å². The molecule has 2 rings (SSSR count). The average Bonchev–Trinajstić information content (AvgIpc) is 2.59. The first-order valence-corrected chi connectivity index (χ1v) is 9.75. The summed E-state index contributed by atoms with van der Waals surface area (Å²) in [6, 6.07) is 8.89. The molecule has 0 bridgehead atoms. The Hall–Kier alpha value is -1.30. The number of benzene rings is 1. The SMILES string of the molecule is CCCCCCCCCCC1C=CC(c2ccc(C)cc2)=CC1. The van der Waals surface area contributed by atoms with E-state index in [0.717, 1.165) is 5.92 Å². The molecule has 0 aromatic heterocycles. The molecule has 23 heavy (non-hydrogen) atoms. The third kappa shape index (κ3) is 6.77. The molecule has 0 radical (unpaired) electrons. The predicted octanol–water partition coefficient (Wildman–Crippen LogP) is 7.49. The first-order valence-electron chi connectivity index (χ1n) is 9.75. The van der Waals surface area contributed by atoms with Gasteiger partial charge in [0.15, 0.2) is 0 Å². The number of allylic oxidation sites excluding steroid dienone is 4. The van der Waals surface area contributed by atoms with Crippen molar-refractivity contribution in [3.8, 4) is 0 Å². The van der Waals surface area contributed by atoms with Gasteiger partial charge < -0.3 is 0 Å². The second-order valence-electron chi connectivity index (χ2n) is 7.14. The summed E-state index contributed by atoms with van der Waals surface area (Å²) in [5, 5.41) is 0. The number of unbranched alkanes of at least 4 members (excludes halogenated alkanes) is 7. The zero-order valence-corrected chi connectivity index (χ0v) is 15.2. The third-order valence-corrected chi connectivity index (χ3v) is 5.00. The highest BCUT2D eigenvalue weighted by Gasteiger charge is 2.09. The number of rotatable bonds is 10. The third-order valence-electron chi connectivity index (χ3n) is 5.00. The second-order valence-corrected chi connectivity index (χ2v) is 7.14. The molecule has 0 aliphatic heterocycles. The predicted molar refractivity (Wildman–Crippen MR) is 104 cm³/mol. The number of hydrogen-bond acceptors (Lipinski definition) is 0. The first-order chi connectivity index (χ1) is 11.3.